The molecule has 19 heavy (non-hydrogen) atoms. The molecule has 0 aliphatic rings. The minimum atomic E-state index is 0.536. The molecule has 0 amide bonds. The van der Waals surface area contributed by atoms with E-state index in [0.717, 1.165) is 28.9 Å². The molecule has 2 heterocycles. The minimum Gasteiger partial charge on any atom is -0.497 e. The molecule has 0 spiro atoms. The van der Waals surface area contributed by atoms with Crippen molar-refractivity contribution in [2.45, 2.75) is 0 Å². The summed E-state index contributed by atoms with van der Waals surface area (Å²) >= 11 is 0. The molecule has 1 aromatic carbocycles. The van der Waals surface area contributed by atoms with E-state index in [9.17, 15) is 4.79 Å². The van der Waals surface area contributed by atoms with Crippen molar-refractivity contribution in [3.05, 3.63) is 54.4 Å². The van der Waals surface area contributed by atoms with Gasteiger partial charge in [0.2, 0.25) is 0 Å². The van der Waals surface area contributed by atoms with Gasteiger partial charge in [-0.3, -0.25) is 9.20 Å². The number of aldehydes is 1. The number of carbonyl (C=O) groups excluding carboxylic acids is 1. The molecule has 2 aromatic heterocycles. The number of ether oxygens (including phenoxy) is 1. The van der Waals surface area contributed by atoms with Crippen molar-refractivity contribution >= 4 is 11.9 Å². The van der Waals surface area contributed by atoms with Gasteiger partial charge < -0.3 is 4.74 Å². The molecule has 0 saturated carbocycles. The smallest absolute Gasteiger partial charge is 0.168 e. The average Bonchev–Trinajstić information content (AvgIpc) is 2.90. The monoisotopic (exact) mass is 252 g/mol. The van der Waals surface area contributed by atoms with E-state index < -0.39 is 0 Å². The van der Waals surface area contributed by atoms with Gasteiger partial charge >= 0.3 is 0 Å². The second kappa shape index (κ2) is 4.57. The predicted molar refractivity (Wildman–Crippen MR) is 72.6 cm³/mol. The van der Waals surface area contributed by atoms with Crippen LogP contribution in [0.25, 0.3) is 16.9 Å². The summed E-state index contributed by atoms with van der Waals surface area (Å²) in [6, 6.07) is 13.5. The Labute approximate surface area is 110 Å². The van der Waals surface area contributed by atoms with Gasteiger partial charge in [0.05, 0.1) is 19.0 Å². The number of pyridine rings is 1. The van der Waals surface area contributed by atoms with Crippen LogP contribution in [0.15, 0.2) is 48.7 Å². The fraction of sp³-hybridized carbons (Fsp3) is 0.0667. The zero-order chi connectivity index (χ0) is 13.2. The summed E-state index contributed by atoms with van der Waals surface area (Å²) in [5.74, 6) is 0.780. The largest absolute Gasteiger partial charge is 0.497 e. The van der Waals surface area contributed by atoms with Crippen LogP contribution in [0.1, 0.15) is 10.5 Å². The van der Waals surface area contributed by atoms with E-state index >= 15 is 0 Å². The van der Waals surface area contributed by atoms with Crippen LogP contribution in [0.4, 0.5) is 0 Å². The van der Waals surface area contributed by atoms with Crippen LogP contribution in [-0.4, -0.2) is 22.8 Å². The quantitative estimate of drug-likeness (QED) is 0.673. The highest BCUT2D eigenvalue weighted by molar-refractivity contribution is 5.77. The van der Waals surface area contributed by atoms with Crippen LogP contribution in [-0.2, 0) is 0 Å². The van der Waals surface area contributed by atoms with Crippen LogP contribution >= 0.6 is 0 Å². The summed E-state index contributed by atoms with van der Waals surface area (Å²) < 4.78 is 7.07. The second-order valence-electron chi connectivity index (χ2n) is 4.14. The standard InChI is InChI=1S/C15H12N2O2/c1-19-13-5-2-4-11(8-13)14-6-3-7-15-16-9-12(10-18)17(14)15/h2-10H,1H3. The summed E-state index contributed by atoms with van der Waals surface area (Å²) in [4.78, 5) is 15.3. The number of hydrogen-bond donors (Lipinski definition) is 0. The topological polar surface area (TPSA) is 43.6 Å². The van der Waals surface area contributed by atoms with E-state index in [4.69, 9.17) is 4.74 Å². The van der Waals surface area contributed by atoms with Crippen molar-refractivity contribution in [1.82, 2.24) is 9.38 Å². The lowest BCUT2D eigenvalue weighted by atomic mass is 10.1. The fourth-order valence-electron chi connectivity index (χ4n) is 2.15. The maximum Gasteiger partial charge on any atom is 0.168 e. The summed E-state index contributed by atoms with van der Waals surface area (Å²) in [5.41, 5.74) is 3.18. The highest BCUT2D eigenvalue weighted by Gasteiger charge is 2.08. The molecule has 4 heteroatoms. The highest BCUT2D eigenvalue weighted by Crippen LogP contribution is 2.25. The summed E-state index contributed by atoms with van der Waals surface area (Å²) in [6.07, 6.45) is 2.38. The van der Waals surface area contributed by atoms with Gasteiger partial charge in [0, 0.05) is 5.56 Å². The third-order valence-electron chi connectivity index (χ3n) is 3.04. The van der Waals surface area contributed by atoms with Crippen molar-refractivity contribution in [3.63, 3.8) is 0 Å². The second-order valence-corrected chi connectivity index (χ2v) is 4.14. The molecule has 0 radical (unpaired) electrons. The van der Waals surface area contributed by atoms with E-state index in [-0.39, 0.29) is 0 Å². The first-order valence-corrected chi connectivity index (χ1v) is 5.89. The Morgan fingerprint density at radius 3 is 2.84 bits per heavy atom. The van der Waals surface area contributed by atoms with Crippen molar-refractivity contribution in [3.8, 4) is 17.0 Å². The van der Waals surface area contributed by atoms with Crippen molar-refractivity contribution in [1.29, 1.82) is 0 Å². The molecule has 3 aromatic rings. The number of hydrogen-bond acceptors (Lipinski definition) is 3. The number of carbonyl (C=O) groups is 1. The molecule has 0 fully saturated rings. The van der Waals surface area contributed by atoms with Crippen LogP contribution < -0.4 is 4.74 Å². The predicted octanol–water partition coefficient (Wildman–Crippen LogP) is 2.82. The number of fused-ring (bicyclic) bond motifs is 1. The maximum absolute atomic E-state index is 11.1. The number of benzene rings is 1. The first-order valence-electron chi connectivity index (χ1n) is 5.89. The van der Waals surface area contributed by atoms with Gasteiger partial charge in [-0.1, -0.05) is 18.2 Å². The maximum atomic E-state index is 11.1. The molecule has 0 aliphatic heterocycles. The van der Waals surface area contributed by atoms with Crippen molar-refractivity contribution in [2.24, 2.45) is 0 Å². The zero-order valence-corrected chi connectivity index (χ0v) is 10.4. The van der Waals surface area contributed by atoms with Gasteiger partial charge in [-0.05, 0) is 24.3 Å². The lowest BCUT2D eigenvalue weighted by molar-refractivity contribution is 0.111. The van der Waals surface area contributed by atoms with E-state index in [0.29, 0.717) is 5.69 Å². The highest BCUT2D eigenvalue weighted by atomic mass is 16.5. The first-order chi connectivity index (χ1) is 9.33. The molecule has 0 unspecified atom stereocenters. The minimum absolute atomic E-state index is 0.536. The van der Waals surface area contributed by atoms with Gasteiger partial charge in [0.1, 0.15) is 17.1 Å². The number of nitrogens with zero attached hydrogens (tertiary/aromatic N) is 2. The summed E-state index contributed by atoms with van der Waals surface area (Å²) in [5, 5.41) is 0. The van der Waals surface area contributed by atoms with E-state index in [2.05, 4.69) is 4.98 Å². The molecular formula is C15H12N2O2. The molecule has 0 bridgehead atoms. The Kier molecular flexibility index (Phi) is 2.76. The lowest BCUT2D eigenvalue weighted by Crippen LogP contribution is -1.96. The number of rotatable bonds is 3. The molecule has 0 saturated heterocycles. The summed E-state index contributed by atoms with van der Waals surface area (Å²) in [7, 11) is 1.63. The molecular weight excluding hydrogens is 240 g/mol. The van der Waals surface area contributed by atoms with E-state index in [1.807, 2.05) is 46.9 Å². The molecule has 0 atom stereocenters. The Morgan fingerprint density at radius 1 is 1.21 bits per heavy atom. The Morgan fingerprint density at radius 2 is 2.05 bits per heavy atom. The van der Waals surface area contributed by atoms with Crippen LogP contribution in [0.2, 0.25) is 0 Å². The van der Waals surface area contributed by atoms with Crippen LogP contribution in [0, 0.1) is 0 Å². The first kappa shape index (κ1) is 11.5. The number of imidazole rings is 1. The molecule has 0 N–H and O–H groups in total. The third kappa shape index (κ3) is 1.87. The van der Waals surface area contributed by atoms with Gasteiger partial charge in [-0.25, -0.2) is 4.98 Å². The number of aromatic nitrogens is 2. The zero-order valence-electron chi connectivity index (χ0n) is 10.4. The van der Waals surface area contributed by atoms with Gasteiger partial charge in [-0.15, -0.1) is 0 Å². The molecule has 3 rings (SSSR count). The van der Waals surface area contributed by atoms with E-state index in [1.54, 1.807) is 13.3 Å². The Balaban J connectivity index is 2.29. The SMILES string of the molecule is COc1cccc(-c2cccc3ncc(C=O)n23)c1. The van der Waals surface area contributed by atoms with Gasteiger partial charge in [0.25, 0.3) is 0 Å². The molecule has 94 valence electrons. The average molecular weight is 252 g/mol. The van der Waals surface area contributed by atoms with Crippen molar-refractivity contribution < 1.29 is 9.53 Å². The Bertz CT molecular complexity index is 747. The number of methoxy groups -OCH3 is 1. The third-order valence-corrected chi connectivity index (χ3v) is 3.04. The Hall–Kier alpha value is -2.62. The van der Waals surface area contributed by atoms with Crippen LogP contribution in [0.5, 0.6) is 5.75 Å². The van der Waals surface area contributed by atoms with E-state index in [1.165, 1.54) is 0 Å². The fourth-order valence-corrected chi connectivity index (χ4v) is 2.15. The molecule has 0 aliphatic carbocycles. The lowest BCUT2D eigenvalue weighted by Gasteiger charge is -2.08. The van der Waals surface area contributed by atoms with Gasteiger partial charge in [-0.2, -0.15) is 0 Å². The van der Waals surface area contributed by atoms with Gasteiger partial charge in [0.15, 0.2) is 6.29 Å². The van der Waals surface area contributed by atoms with Crippen LogP contribution in [0.3, 0.4) is 0 Å². The normalized spacial score (nSPS) is 10.6. The van der Waals surface area contributed by atoms with Crippen molar-refractivity contribution in [2.75, 3.05) is 7.11 Å². The summed E-state index contributed by atoms with van der Waals surface area (Å²) in [6.45, 7) is 0. The molecule has 4 nitrogen and oxygen atoms in total.